The van der Waals surface area contributed by atoms with Crippen LogP contribution in [-0.2, 0) is 6.42 Å². The molecule has 0 saturated carbocycles. The van der Waals surface area contributed by atoms with Crippen LogP contribution < -0.4 is 11.1 Å². The van der Waals surface area contributed by atoms with E-state index in [-0.39, 0.29) is 0 Å². The first-order chi connectivity index (χ1) is 9.01. The van der Waals surface area contributed by atoms with Crippen molar-refractivity contribution in [1.29, 1.82) is 0 Å². The van der Waals surface area contributed by atoms with Gasteiger partial charge in [-0.3, -0.25) is 0 Å². The smallest absolute Gasteiger partial charge is 0.139 e. The molecule has 100 valence electrons. The number of nitrogens with one attached hydrogen (secondary N) is 1. The van der Waals surface area contributed by atoms with Crippen molar-refractivity contribution in [1.82, 2.24) is 9.97 Å². The molecule has 0 radical (unpaired) electrons. The summed E-state index contributed by atoms with van der Waals surface area (Å²) in [5.74, 6) is 2.04. The molecule has 1 aromatic carbocycles. The quantitative estimate of drug-likeness (QED) is 0.904. The molecule has 0 amide bonds. The number of nitrogens with zero attached hydrogens (tertiary/aromatic N) is 2. The number of benzene rings is 1. The lowest BCUT2D eigenvalue weighted by molar-refractivity contribution is 0.940. The monoisotopic (exact) mass is 320 g/mol. The van der Waals surface area contributed by atoms with E-state index in [1.54, 1.807) is 0 Å². The summed E-state index contributed by atoms with van der Waals surface area (Å²) in [7, 11) is 0. The summed E-state index contributed by atoms with van der Waals surface area (Å²) in [6.07, 6.45) is 0.761. The molecule has 0 aliphatic heterocycles. The van der Waals surface area contributed by atoms with E-state index in [0.29, 0.717) is 5.82 Å². The second-order valence-corrected chi connectivity index (χ2v) is 5.30. The number of anilines is 3. The van der Waals surface area contributed by atoms with Crippen LogP contribution in [0.4, 0.5) is 17.3 Å². The van der Waals surface area contributed by atoms with Crippen LogP contribution in [0.3, 0.4) is 0 Å². The average Bonchev–Trinajstić information content (AvgIpc) is 2.39. The lowest BCUT2D eigenvalue weighted by Crippen LogP contribution is -2.06. The molecular formula is C14H17BrN4. The largest absolute Gasteiger partial charge is 0.383 e. The predicted octanol–water partition coefficient (Wildman–Crippen LogP) is 3.74. The minimum absolute atomic E-state index is 0.528. The Kier molecular flexibility index (Phi) is 4.04. The molecular weight excluding hydrogens is 304 g/mol. The summed E-state index contributed by atoms with van der Waals surface area (Å²) in [6, 6.07) is 6.09. The SMILES string of the molecule is CCc1nc(N)c(C)c(Nc2ccc(C)c(Br)c2)n1. The Labute approximate surface area is 121 Å². The summed E-state index contributed by atoms with van der Waals surface area (Å²) in [6.45, 7) is 5.98. The normalized spacial score (nSPS) is 10.5. The molecule has 0 spiro atoms. The fourth-order valence-electron chi connectivity index (χ4n) is 1.67. The Morgan fingerprint density at radius 3 is 2.63 bits per heavy atom. The highest BCUT2D eigenvalue weighted by atomic mass is 79.9. The third kappa shape index (κ3) is 3.04. The molecule has 0 unspecified atom stereocenters. The predicted molar refractivity (Wildman–Crippen MR) is 82.7 cm³/mol. The zero-order valence-electron chi connectivity index (χ0n) is 11.3. The Bertz CT molecular complexity index is 611. The van der Waals surface area contributed by atoms with Crippen molar-refractivity contribution >= 4 is 33.3 Å². The van der Waals surface area contributed by atoms with Gasteiger partial charge in [-0.25, -0.2) is 9.97 Å². The van der Waals surface area contributed by atoms with Crippen LogP contribution in [0.5, 0.6) is 0 Å². The molecule has 4 nitrogen and oxygen atoms in total. The zero-order valence-corrected chi connectivity index (χ0v) is 12.9. The number of aryl methyl sites for hydroxylation is 2. The van der Waals surface area contributed by atoms with E-state index in [9.17, 15) is 0 Å². The molecule has 0 bridgehead atoms. The molecule has 2 aromatic rings. The number of aromatic nitrogens is 2. The van der Waals surface area contributed by atoms with Crippen LogP contribution >= 0.6 is 15.9 Å². The van der Waals surface area contributed by atoms with E-state index in [2.05, 4.69) is 38.1 Å². The van der Waals surface area contributed by atoms with Crippen molar-refractivity contribution in [3.05, 3.63) is 39.6 Å². The maximum Gasteiger partial charge on any atom is 0.139 e. The molecule has 5 heteroatoms. The topological polar surface area (TPSA) is 63.8 Å². The van der Waals surface area contributed by atoms with Crippen LogP contribution in [0.2, 0.25) is 0 Å². The lowest BCUT2D eigenvalue weighted by Gasteiger charge is -2.12. The van der Waals surface area contributed by atoms with Gasteiger partial charge in [0.1, 0.15) is 17.5 Å². The van der Waals surface area contributed by atoms with Gasteiger partial charge in [-0.2, -0.15) is 0 Å². The highest BCUT2D eigenvalue weighted by Gasteiger charge is 2.08. The molecule has 2 rings (SSSR count). The number of nitrogen functional groups attached to an aromatic ring is 1. The van der Waals surface area contributed by atoms with E-state index in [1.165, 1.54) is 5.56 Å². The van der Waals surface area contributed by atoms with Gasteiger partial charge in [0, 0.05) is 22.1 Å². The van der Waals surface area contributed by atoms with Crippen molar-refractivity contribution in [3.8, 4) is 0 Å². The second-order valence-electron chi connectivity index (χ2n) is 4.44. The minimum Gasteiger partial charge on any atom is -0.383 e. The van der Waals surface area contributed by atoms with E-state index >= 15 is 0 Å². The molecule has 0 saturated heterocycles. The Morgan fingerprint density at radius 1 is 1.26 bits per heavy atom. The van der Waals surface area contributed by atoms with Gasteiger partial charge < -0.3 is 11.1 Å². The van der Waals surface area contributed by atoms with Crippen molar-refractivity contribution in [2.24, 2.45) is 0 Å². The summed E-state index contributed by atoms with van der Waals surface area (Å²) in [4.78, 5) is 8.72. The van der Waals surface area contributed by atoms with Crippen LogP contribution in [0.25, 0.3) is 0 Å². The summed E-state index contributed by atoms with van der Waals surface area (Å²) in [5.41, 5.74) is 8.94. The van der Waals surface area contributed by atoms with Crippen molar-refractivity contribution in [2.45, 2.75) is 27.2 Å². The van der Waals surface area contributed by atoms with Gasteiger partial charge in [0.2, 0.25) is 0 Å². The fraction of sp³-hybridized carbons (Fsp3) is 0.286. The van der Waals surface area contributed by atoms with Crippen LogP contribution in [0, 0.1) is 13.8 Å². The maximum absolute atomic E-state index is 5.90. The number of halogens is 1. The van der Waals surface area contributed by atoms with Crippen molar-refractivity contribution in [2.75, 3.05) is 11.1 Å². The summed E-state index contributed by atoms with van der Waals surface area (Å²) >= 11 is 3.52. The average molecular weight is 321 g/mol. The van der Waals surface area contributed by atoms with Gasteiger partial charge in [0.05, 0.1) is 0 Å². The molecule has 0 aliphatic rings. The summed E-state index contributed by atoms with van der Waals surface area (Å²) in [5, 5.41) is 3.29. The Balaban J connectivity index is 2.37. The highest BCUT2D eigenvalue weighted by Crippen LogP contribution is 2.25. The summed E-state index contributed by atoms with van der Waals surface area (Å²) < 4.78 is 1.06. The highest BCUT2D eigenvalue weighted by molar-refractivity contribution is 9.10. The van der Waals surface area contributed by atoms with Crippen LogP contribution in [0.15, 0.2) is 22.7 Å². The first-order valence-corrected chi connectivity index (χ1v) is 6.96. The number of rotatable bonds is 3. The fourth-order valence-corrected chi connectivity index (χ4v) is 2.05. The number of nitrogens with two attached hydrogens (primary N) is 1. The molecule has 1 heterocycles. The van der Waals surface area contributed by atoms with Gasteiger partial charge in [-0.1, -0.05) is 28.9 Å². The van der Waals surface area contributed by atoms with Crippen LogP contribution in [-0.4, -0.2) is 9.97 Å². The first-order valence-electron chi connectivity index (χ1n) is 6.17. The molecule has 1 aromatic heterocycles. The first kappa shape index (κ1) is 13.8. The molecule has 0 atom stereocenters. The van der Waals surface area contributed by atoms with Gasteiger partial charge in [0.25, 0.3) is 0 Å². The third-order valence-electron chi connectivity index (χ3n) is 2.98. The minimum atomic E-state index is 0.528. The van der Waals surface area contributed by atoms with Gasteiger partial charge in [0.15, 0.2) is 0 Å². The van der Waals surface area contributed by atoms with Crippen molar-refractivity contribution in [3.63, 3.8) is 0 Å². The van der Waals surface area contributed by atoms with Gasteiger partial charge >= 0.3 is 0 Å². The molecule has 19 heavy (non-hydrogen) atoms. The molecule has 0 fully saturated rings. The maximum atomic E-state index is 5.90. The standard InChI is InChI=1S/C14H17BrN4/c1-4-12-18-13(16)9(3)14(19-12)17-10-6-5-8(2)11(15)7-10/h5-7H,4H2,1-3H3,(H3,16,17,18,19). The van der Waals surface area contributed by atoms with E-state index in [4.69, 9.17) is 5.73 Å². The Morgan fingerprint density at radius 2 is 2.00 bits per heavy atom. The third-order valence-corrected chi connectivity index (χ3v) is 3.83. The van der Waals surface area contributed by atoms with Crippen molar-refractivity contribution < 1.29 is 0 Å². The van der Waals surface area contributed by atoms with E-state index < -0.39 is 0 Å². The zero-order chi connectivity index (χ0) is 14.0. The van der Waals surface area contributed by atoms with E-state index in [1.807, 2.05) is 32.0 Å². The second kappa shape index (κ2) is 5.57. The van der Waals surface area contributed by atoms with E-state index in [0.717, 1.165) is 33.8 Å². The van der Waals surface area contributed by atoms with Gasteiger partial charge in [-0.05, 0) is 31.5 Å². The van der Waals surface area contributed by atoms with Crippen LogP contribution in [0.1, 0.15) is 23.9 Å². The molecule has 0 aliphatic carbocycles. The number of hydrogen-bond donors (Lipinski definition) is 2. The Hall–Kier alpha value is -1.62. The number of hydrogen-bond acceptors (Lipinski definition) is 4. The van der Waals surface area contributed by atoms with Gasteiger partial charge in [-0.15, -0.1) is 0 Å². The molecule has 3 N–H and O–H groups in total. The lowest BCUT2D eigenvalue weighted by atomic mass is 10.2.